The summed E-state index contributed by atoms with van der Waals surface area (Å²) in [5.41, 5.74) is 0.998. The maximum absolute atomic E-state index is 5.78. The van der Waals surface area contributed by atoms with Gasteiger partial charge in [0, 0.05) is 31.5 Å². The lowest BCUT2D eigenvalue weighted by Crippen LogP contribution is -2.33. The molecule has 2 N–H and O–H groups in total. The molecule has 0 aromatic carbocycles. The van der Waals surface area contributed by atoms with Crippen LogP contribution in [0.1, 0.15) is 38.7 Å². The highest BCUT2D eigenvalue weighted by molar-refractivity contribution is 5.46. The Bertz CT molecular complexity index is 416. The van der Waals surface area contributed by atoms with E-state index in [1.807, 2.05) is 13.1 Å². The molecule has 1 aliphatic heterocycles. The van der Waals surface area contributed by atoms with Crippen molar-refractivity contribution in [2.75, 3.05) is 30.3 Å². The van der Waals surface area contributed by atoms with Crippen LogP contribution in [0.15, 0.2) is 6.20 Å². The van der Waals surface area contributed by atoms with Crippen LogP contribution in [0.2, 0.25) is 0 Å². The summed E-state index contributed by atoms with van der Waals surface area (Å²) in [6.45, 7) is 8.84. The summed E-state index contributed by atoms with van der Waals surface area (Å²) in [7, 11) is 0. The summed E-state index contributed by atoms with van der Waals surface area (Å²) in [6, 6.07) is 0. The quantitative estimate of drug-likeness (QED) is 0.827. The van der Waals surface area contributed by atoms with Gasteiger partial charge in [0.25, 0.3) is 0 Å². The van der Waals surface area contributed by atoms with Gasteiger partial charge in [0.15, 0.2) is 0 Å². The first kappa shape index (κ1) is 14.1. The van der Waals surface area contributed by atoms with Crippen molar-refractivity contribution in [1.82, 2.24) is 9.97 Å². The lowest BCUT2D eigenvalue weighted by molar-refractivity contribution is 0.0314. The van der Waals surface area contributed by atoms with Gasteiger partial charge in [-0.25, -0.2) is 4.98 Å². The molecule has 0 saturated carbocycles. The zero-order valence-corrected chi connectivity index (χ0v) is 12.1. The largest absolute Gasteiger partial charge is 0.373 e. The van der Waals surface area contributed by atoms with Gasteiger partial charge in [0.2, 0.25) is 5.95 Å². The van der Waals surface area contributed by atoms with Crippen molar-refractivity contribution in [3.05, 3.63) is 11.8 Å². The molecule has 0 amide bonds. The Morgan fingerprint density at radius 3 is 2.95 bits per heavy atom. The lowest BCUT2D eigenvalue weighted by Gasteiger charge is -2.24. The van der Waals surface area contributed by atoms with Crippen LogP contribution >= 0.6 is 0 Å². The number of ether oxygens (including phenoxy) is 1. The number of rotatable bonds is 6. The second-order valence-electron chi connectivity index (χ2n) is 5.41. The minimum Gasteiger partial charge on any atom is -0.373 e. The molecule has 1 aromatic heterocycles. The molecular formula is C14H24N4O. The van der Waals surface area contributed by atoms with Gasteiger partial charge >= 0.3 is 0 Å². The van der Waals surface area contributed by atoms with Crippen LogP contribution in [0.3, 0.4) is 0 Å². The fraction of sp³-hybridized carbons (Fsp3) is 0.714. The number of anilines is 2. The molecule has 1 aliphatic rings. The van der Waals surface area contributed by atoms with Crippen molar-refractivity contribution >= 4 is 11.8 Å². The van der Waals surface area contributed by atoms with Crippen molar-refractivity contribution in [3.8, 4) is 0 Å². The van der Waals surface area contributed by atoms with Gasteiger partial charge < -0.3 is 15.4 Å². The Balaban J connectivity index is 1.98. The summed E-state index contributed by atoms with van der Waals surface area (Å²) in [6.07, 6.45) is 5.16. The molecule has 5 heteroatoms. The van der Waals surface area contributed by atoms with E-state index in [1.54, 1.807) is 0 Å². The lowest BCUT2D eigenvalue weighted by atomic mass is 10.0. The van der Waals surface area contributed by atoms with Gasteiger partial charge in [-0.05, 0) is 33.1 Å². The first-order valence-electron chi connectivity index (χ1n) is 7.08. The first-order valence-corrected chi connectivity index (χ1v) is 7.08. The van der Waals surface area contributed by atoms with E-state index in [0.29, 0.717) is 5.95 Å². The third kappa shape index (κ3) is 3.80. The smallest absolute Gasteiger partial charge is 0.224 e. The molecule has 2 heterocycles. The van der Waals surface area contributed by atoms with E-state index < -0.39 is 0 Å². The number of hydrogen-bond donors (Lipinski definition) is 2. The molecule has 19 heavy (non-hydrogen) atoms. The Labute approximate surface area is 115 Å². The zero-order chi connectivity index (χ0) is 13.7. The van der Waals surface area contributed by atoms with Crippen LogP contribution in [-0.2, 0) is 4.74 Å². The normalized spacial score (nSPS) is 22.5. The third-order valence-electron chi connectivity index (χ3n) is 3.44. The van der Waals surface area contributed by atoms with E-state index in [0.717, 1.165) is 50.3 Å². The molecule has 5 nitrogen and oxygen atoms in total. The molecule has 0 radical (unpaired) electrons. The Morgan fingerprint density at radius 2 is 2.26 bits per heavy atom. The van der Waals surface area contributed by atoms with Crippen molar-refractivity contribution in [2.45, 2.75) is 45.6 Å². The van der Waals surface area contributed by atoms with Crippen molar-refractivity contribution in [3.63, 3.8) is 0 Å². The number of nitrogens with one attached hydrogen (secondary N) is 2. The van der Waals surface area contributed by atoms with E-state index in [-0.39, 0.29) is 5.60 Å². The highest BCUT2D eigenvalue weighted by atomic mass is 16.5. The van der Waals surface area contributed by atoms with Crippen LogP contribution in [0.5, 0.6) is 0 Å². The molecule has 106 valence electrons. The molecule has 1 unspecified atom stereocenters. The SMILES string of the molecule is CCCNc1ncc(C)c(NCC2(C)CCCO2)n1. The average molecular weight is 264 g/mol. The monoisotopic (exact) mass is 264 g/mol. The predicted octanol–water partition coefficient (Wildman–Crippen LogP) is 2.59. The van der Waals surface area contributed by atoms with Gasteiger partial charge in [0.05, 0.1) is 5.60 Å². The van der Waals surface area contributed by atoms with Gasteiger partial charge in [-0.3, -0.25) is 0 Å². The molecular weight excluding hydrogens is 240 g/mol. The van der Waals surface area contributed by atoms with Crippen LogP contribution in [0, 0.1) is 6.92 Å². The first-order chi connectivity index (χ1) is 9.13. The highest BCUT2D eigenvalue weighted by Gasteiger charge is 2.29. The summed E-state index contributed by atoms with van der Waals surface area (Å²) >= 11 is 0. The van der Waals surface area contributed by atoms with E-state index in [4.69, 9.17) is 4.74 Å². The Hall–Kier alpha value is -1.36. The Kier molecular flexibility index (Phi) is 4.58. The van der Waals surface area contributed by atoms with Crippen molar-refractivity contribution < 1.29 is 4.74 Å². The average Bonchev–Trinajstić information content (AvgIpc) is 2.84. The fourth-order valence-corrected chi connectivity index (χ4v) is 2.19. The van der Waals surface area contributed by atoms with Crippen molar-refractivity contribution in [2.24, 2.45) is 0 Å². The standard InChI is InChI=1S/C14H24N4O/c1-4-7-15-13-16-9-11(2)12(18-13)17-10-14(3)6-5-8-19-14/h9H,4-8,10H2,1-3H3,(H2,15,16,17,18). The molecule has 1 saturated heterocycles. The molecule has 0 aliphatic carbocycles. The maximum atomic E-state index is 5.78. The maximum Gasteiger partial charge on any atom is 0.224 e. The number of aryl methyl sites for hydroxylation is 1. The van der Waals surface area contributed by atoms with Crippen LogP contribution in [0.4, 0.5) is 11.8 Å². The van der Waals surface area contributed by atoms with Crippen LogP contribution in [-0.4, -0.2) is 35.3 Å². The van der Waals surface area contributed by atoms with Crippen molar-refractivity contribution in [1.29, 1.82) is 0 Å². The summed E-state index contributed by atoms with van der Waals surface area (Å²) in [5, 5.41) is 6.60. The Morgan fingerprint density at radius 1 is 1.42 bits per heavy atom. The van der Waals surface area contributed by atoms with E-state index in [2.05, 4.69) is 34.4 Å². The van der Waals surface area contributed by atoms with Gasteiger partial charge in [-0.1, -0.05) is 6.92 Å². The molecule has 2 rings (SSSR count). The minimum absolute atomic E-state index is 0.0611. The minimum atomic E-state index is -0.0611. The zero-order valence-electron chi connectivity index (χ0n) is 12.1. The molecule has 0 bridgehead atoms. The number of nitrogens with zero attached hydrogens (tertiary/aromatic N) is 2. The second-order valence-corrected chi connectivity index (χ2v) is 5.41. The van der Waals surface area contributed by atoms with Crippen LogP contribution < -0.4 is 10.6 Å². The van der Waals surface area contributed by atoms with Gasteiger partial charge in [-0.2, -0.15) is 4.98 Å². The number of aromatic nitrogens is 2. The third-order valence-corrected chi connectivity index (χ3v) is 3.44. The highest BCUT2D eigenvalue weighted by Crippen LogP contribution is 2.25. The van der Waals surface area contributed by atoms with Crippen LogP contribution in [0.25, 0.3) is 0 Å². The van der Waals surface area contributed by atoms with Gasteiger partial charge in [0.1, 0.15) is 5.82 Å². The molecule has 1 aromatic rings. The van der Waals surface area contributed by atoms with E-state index >= 15 is 0 Å². The second kappa shape index (κ2) is 6.19. The summed E-state index contributed by atoms with van der Waals surface area (Å²) in [4.78, 5) is 8.79. The molecule has 1 fully saturated rings. The van der Waals surface area contributed by atoms with E-state index in [1.165, 1.54) is 0 Å². The molecule has 0 spiro atoms. The number of hydrogen-bond acceptors (Lipinski definition) is 5. The van der Waals surface area contributed by atoms with E-state index in [9.17, 15) is 0 Å². The predicted molar refractivity (Wildman–Crippen MR) is 77.6 cm³/mol. The summed E-state index contributed by atoms with van der Waals surface area (Å²) in [5.74, 6) is 1.58. The topological polar surface area (TPSA) is 59.1 Å². The molecule has 1 atom stereocenters. The summed E-state index contributed by atoms with van der Waals surface area (Å²) < 4.78 is 5.78. The van der Waals surface area contributed by atoms with Gasteiger partial charge in [-0.15, -0.1) is 0 Å². The fourth-order valence-electron chi connectivity index (χ4n) is 2.19.